The predicted octanol–water partition coefficient (Wildman–Crippen LogP) is 3.22. The average molecular weight is 189 g/mol. The molecular weight excluding hydrogens is 162 g/mol. The van der Waals surface area contributed by atoms with Crippen molar-refractivity contribution in [1.29, 1.82) is 0 Å². The van der Waals surface area contributed by atoms with Crippen molar-refractivity contribution in [3.63, 3.8) is 0 Å². The molecule has 0 fully saturated rings. The Bertz CT molecular complexity index is 92.1. The van der Waals surface area contributed by atoms with Crippen LogP contribution in [0.4, 0.5) is 0 Å². The normalized spacial score (nSPS) is 9.77. The van der Waals surface area contributed by atoms with Crippen LogP contribution in [0.3, 0.4) is 0 Å². The minimum atomic E-state index is 0.150. The van der Waals surface area contributed by atoms with E-state index in [1.54, 1.807) is 7.05 Å². The van der Waals surface area contributed by atoms with Crippen molar-refractivity contribution in [2.45, 2.75) is 54.4 Å². The predicted molar refractivity (Wildman–Crippen MR) is 60.8 cm³/mol. The first-order valence-electron chi connectivity index (χ1n) is 5.44. The minimum absolute atomic E-state index is 0.150. The molecule has 82 valence electrons. The van der Waals surface area contributed by atoms with E-state index in [1.807, 2.05) is 34.6 Å². The Morgan fingerprint density at radius 2 is 1.62 bits per heavy atom. The van der Waals surface area contributed by atoms with E-state index in [0.717, 1.165) is 12.8 Å². The highest BCUT2D eigenvalue weighted by atomic mass is 16.1. The van der Waals surface area contributed by atoms with E-state index < -0.39 is 0 Å². The molecule has 0 aromatic heterocycles. The Labute approximate surface area is 84.1 Å². The summed E-state index contributed by atoms with van der Waals surface area (Å²) in [4.78, 5) is 10.8. The Kier molecular flexibility index (Phi) is 24.7. The number of hydrogen-bond acceptors (Lipinski definition) is 1. The summed E-state index contributed by atoms with van der Waals surface area (Å²) in [5.74, 6) is 0.330. The van der Waals surface area contributed by atoms with Crippen LogP contribution in [0.1, 0.15) is 54.4 Å². The molecule has 2 nitrogen and oxygen atoms in total. The molecule has 0 heterocycles. The van der Waals surface area contributed by atoms with E-state index >= 15 is 0 Å². The molecule has 0 spiro atoms. The molecule has 0 saturated heterocycles. The molecule has 0 aromatic rings. The molecule has 1 atom stereocenters. The van der Waals surface area contributed by atoms with E-state index in [4.69, 9.17) is 0 Å². The van der Waals surface area contributed by atoms with E-state index in [0.29, 0.717) is 0 Å². The average Bonchev–Trinajstić information content (AvgIpc) is 2.23. The van der Waals surface area contributed by atoms with Crippen LogP contribution in [-0.2, 0) is 4.79 Å². The summed E-state index contributed by atoms with van der Waals surface area (Å²) in [6, 6.07) is 0. The van der Waals surface area contributed by atoms with Gasteiger partial charge in [-0.05, 0) is 6.42 Å². The molecule has 0 aliphatic carbocycles. The zero-order valence-electron chi connectivity index (χ0n) is 10.4. The Morgan fingerprint density at radius 3 is 1.85 bits per heavy atom. The SMILES string of the molecule is CC.CC.CCCC(C)C(=O)NC. The topological polar surface area (TPSA) is 29.1 Å². The fraction of sp³-hybridized carbons (Fsp3) is 0.909. The molecule has 0 aliphatic heterocycles. The van der Waals surface area contributed by atoms with E-state index in [9.17, 15) is 4.79 Å². The van der Waals surface area contributed by atoms with Gasteiger partial charge in [-0.15, -0.1) is 0 Å². The molecule has 1 amide bonds. The highest BCUT2D eigenvalue weighted by Crippen LogP contribution is 2.03. The largest absolute Gasteiger partial charge is 0.359 e. The van der Waals surface area contributed by atoms with Gasteiger partial charge >= 0.3 is 0 Å². The lowest BCUT2D eigenvalue weighted by molar-refractivity contribution is -0.124. The number of carbonyl (C=O) groups excluding carboxylic acids is 1. The molecular formula is C11H27NO. The second kappa shape index (κ2) is 17.5. The van der Waals surface area contributed by atoms with Gasteiger partial charge in [0.25, 0.3) is 0 Å². The fourth-order valence-corrected chi connectivity index (χ4v) is 0.811. The molecule has 0 aliphatic rings. The van der Waals surface area contributed by atoms with Gasteiger partial charge in [-0.1, -0.05) is 48.0 Å². The van der Waals surface area contributed by atoms with Gasteiger partial charge in [0.2, 0.25) is 5.91 Å². The summed E-state index contributed by atoms with van der Waals surface area (Å²) in [5, 5.41) is 2.61. The lowest BCUT2D eigenvalue weighted by Crippen LogP contribution is -2.24. The number of hydrogen-bond donors (Lipinski definition) is 1. The summed E-state index contributed by atoms with van der Waals surface area (Å²) in [5.41, 5.74) is 0. The minimum Gasteiger partial charge on any atom is -0.359 e. The lowest BCUT2D eigenvalue weighted by Gasteiger charge is -2.06. The van der Waals surface area contributed by atoms with Crippen LogP contribution >= 0.6 is 0 Å². The van der Waals surface area contributed by atoms with Gasteiger partial charge in [0.1, 0.15) is 0 Å². The molecule has 0 bridgehead atoms. The Morgan fingerprint density at radius 1 is 1.23 bits per heavy atom. The maximum absolute atomic E-state index is 10.8. The third-order valence-corrected chi connectivity index (χ3v) is 1.42. The van der Waals surface area contributed by atoms with Crippen molar-refractivity contribution in [1.82, 2.24) is 5.32 Å². The summed E-state index contributed by atoms with van der Waals surface area (Å²) >= 11 is 0. The Hall–Kier alpha value is -0.530. The van der Waals surface area contributed by atoms with E-state index in [1.165, 1.54) is 0 Å². The number of rotatable bonds is 3. The van der Waals surface area contributed by atoms with Crippen LogP contribution < -0.4 is 5.32 Å². The van der Waals surface area contributed by atoms with Crippen molar-refractivity contribution in [3.05, 3.63) is 0 Å². The zero-order chi connectivity index (χ0) is 11.3. The number of carbonyl (C=O) groups is 1. The van der Waals surface area contributed by atoms with Crippen molar-refractivity contribution in [3.8, 4) is 0 Å². The third-order valence-electron chi connectivity index (χ3n) is 1.42. The first kappa shape index (κ1) is 18.3. The fourth-order valence-electron chi connectivity index (χ4n) is 0.811. The first-order chi connectivity index (χ1) is 6.22. The zero-order valence-corrected chi connectivity index (χ0v) is 10.4. The van der Waals surface area contributed by atoms with E-state index in [2.05, 4.69) is 12.2 Å². The third kappa shape index (κ3) is 14.3. The lowest BCUT2D eigenvalue weighted by atomic mass is 10.1. The maximum Gasteiger partial charge on any atom is 0.222 e. The maximum atomic E-state index is 10.8. The smallest absolute Gasteiger partial charge is 0.222 e. The van der Waals surface area contributed by atoms with Crippen LogP contribution in [0.25, 0.3) is 0 Å². The van der Waals surface area contributed by atoms with Gasteiger partial charge in [0, 0.05) is 13.0 Å². The molecule has 0 rings (SSSR count). The van der Waals surface area contributed by atoms with Crippen molar-refractivity contribution >= 4 is 5.91 Å². The van der Waals surface area contributed by atoms with Gasteiger partial charge in [-0.25, -0.2) is 0 Å². The van der Waals surface area contributed by atoms with Gasteiger partial charge < -0.3 is 5.32 Å². The highest BCUT2D eigenvalue weighted by molar-refractivity contribution is 5.77. The molecule has 13 heavy (non-hydrogen) atoms. The monoisotopic (exact) mass is 189 g/mol. The van der Waals surface area contributed by atoms with Crippen LogP contribution in [0.15, 0.2) is 0 Å². The number of nitrogens with one attached hydrogen (secondary N) is 1. The van der Waals surface area contributed by atoms with Crippen LogP contribution in [0.5, 0.6) is 0 Å². The van der Waals surface area contributed by atoms with Crippen LogP contribution in [-0.4, -0.2) is 13.0 Å². The summed E-state index contributed by atoms with van der Waals surface area (Å²) < 4.78 is 0. The molecule has 1 N–H and O–H groups in total. The van der Waals surface area contributed by atoms with Gasteiger partial charge in [0.05, 0.1) is 0 Å². The molecule has 0 radical (unpaired) electrons. The summed E-state index contributed by atoms with van der Waals surface area (Å²) in [7, 11) is 1.68. The number of amides is 1. The van der Waals surface area contributed by atoms with Crippen molar-refractivity contribution in [2.24, 2.45) is 5.92 Å². The molecule has 0 aromatic carbocycles. The Balaban J connectivity index is -0.000000218. The molecule has 0 saturated carbocycles. The highest BCUT2D eigenvalue weighted by Gasteiger charge is 2.07. The molecule has 2 heteroatoms. The standard InChI is InChI=1S/C7H15NO.2C2H6/c1-4-5-6(2)7(9)8-3;2*1-2/h6H,4-5H2,1-3H3,(H,8,9);2*1-2H3. The van der Waals surface area contributed by atoms with Crippen molar-refractivity contribution < 1.29 is 4.79 Å². The van der Waals surface area contributed by atoms with Gasteiger partial charge in [-0.2, -0.15) is 0 Å². The first-order valence-corrected chi connectivity index (χ1v) is 5.44. The van der Waals surface area contributed by atoms with Crippen LogP contribution in [0, 0.1) is 5.92 Å². The quantitative estimate of drug-likeness (QED) is 0.725. The summed E-state index contributed by atoms with van der Waals surface area (Å²) in [6.45, 7) is 12.0. The van der Waals surface area contributed by atoms with E-state index in [-0.39, 0.29) is 11.8 Å². The van der Waals surface area contributed by atoms with Crippen molar-refractivity contribution in [2.75, 3.05) is 7.05 Å². The second-order valence-electron chi connectivity index (χ2n) is 2.30. The van der Waals surface area contributed by atoms with Gasteiger partial charge in [-0.3, -0.25) is 4.79 Å². The van der Waals surface area contributed by atoms with Crippen LogP contribution in [0.2, 0.25) is 0 Å². The van der Waals surface area contributed by atoms with Gasteiger partial charge in [0.15, 0.2) is 0 Å². The second-order valence-corrected chi connectivity index (χ2v) is 2.30. The summed E-state index contributed by atoms with van der Waals surface area (Å²) in [6.07, 6.45) is 2.06. The molecule has 1 unspecified atom stereocenters.